The van der Waals surface area contributed by atoms with Gasteiger partial charge in [0.25, 0.3) is 0 Å². The van der Waals surface area contributed by atoms with Gasteiger partial charge in [-0.1, -0.05) is 5.92 Å². The lowest BCUT2D eigenvalue weighted by Gasteiger charge is -2.36. The van der Waals surface area contributed by atoms with Gasteiger partial charge in [-0.3, -0.25) is 14.2 Å². The highest BCUT2D eigenvalue weighted by molar-refractivity contribution is 6.01. The van der Waals surface area contributed by atoms with Gasteiger partial charge in [0.05, 0.1) is 11.2 Å². The van der Waals surface area contributed by atoms with Crippen molar-refractivity contribution in [3.05, 3.63) is 46.6 Å². The number of amides is 1. The standard InChI is InChI=1S/C20H23N5O2/c1-5-12-8-13(6-7-14(12)19(21)27)25-16-10-20(23-3,24-4)11-17(26)15(16)9-18(25)22-2/h1,6-9,22-24H,10-11H2,2-4H3,(H2,21,27). The van der Waals surface area contributed by atoms with Crippen LogP contribution in [0.4, 0.5) is 5.82 Å². The number of fused-ring (bicyclic) bond motifs is 1. The molecular weight excluding hydrogens is 342 g/mol. The highest BCUT2D eigenvalue weighted by Gasteiger charge is 2.39. The molecule has 0 fully saturated rings. The Hall–Kier alpha value is -3.08. The Balaban J connectivity index is 2.22. The third-order valence-corrected chi connectivity index (χ3v) is 5.23. The summed E-state index contributed by atoms with van der Waals surface area (Å²) in [5.74, 6) is 2.77. The molecule has 0 aliphatic heterocycles. The first-order chi connectivity index (χ1) is 12.9. The van der Waals surface area contributed by atoms with Gasteiger partial charge in [0.15, 0.2) is 5.78 Å². The van der Waals surface area contributed by atoms with Crippen LogP contribution < -0.4 is 21.7 Å². The molecule has 7 nitrogen and oxygen atoms in total. The van der Waals surface area contributed by atoms with E-state index in [9.17, 15) is 9.59 Å². The van der Waals surface area contributed by atoms with Gasteiger partial charge in [-0.05, 0) is 38.4 Å². The van der Waals surface area contributed by atoms with Crippen molar-refractivity contribution in [3.63, 3.8) is 0 Å². The number of likely N-dealkylation sites (N-methyl/N-ethyl adjacent to an activating group) is 2. The minimum Gasteiger partial charge on any atom is -0.374 e. The molecule has 1 aliphatic rings. The average molecular weight is 365 g/mol. The van der Waals surface area contributed by atoms with Gasteiger partial charge in [-0.2, -0.15) is 0 Å². The Morgan fingerprint density at radius 2 is 1.93 bits per heavy atom. The van der Waals surface area contributed by atoms with E-state index in [1.54, 1.807) is 25.2 Å². The molecule has 27 heavy (non-hydrogen) atoms. The van der Waals surface area contributed by atoms with Crippen LogP contribution in [0.2, 0.25) is 0 Å². The molecule has 1 heterocycles. The third-order valence-electron chi connectivity index (χ3n) is 5.23. The molecule has 0 atom stereocenters. The molecule has 1 aromatic heterocycles. The molecule has 7 heteroatoms. The molecule has 1 aliphatic carbocycles. The molecule has 0 saturated carbocycles. The van der Waals surface area contributed by atoms with Gasteiger partial charge in [-0.25, -0.2) is 0 Å². The number of carbonyl (C=O) groups is 2. The topological polar surface area (TPSA) is 101 Å². The van der Waals surface area contributed by atoms with Gasteiger partial charge in [0.1, 0.15) is 5.82 Å². The number of aromatic nitrogens is 1. The van der Waals surface area contributed by atoms with E-state index in [0.717, 1.165) is 17.2 Å². The summed E-state index contributed by atoms with van der Waals surface area (Å²) in [6, 6.07) is 6.99. The number of nitrogens with zero attached hydrogens (tertiary/aromatic N) is 1. The van der Waals surface area contributed by atoms with Gasteiger partial charge >= 0.3 is 0 Å². The van der Waals surface area contributed by atoms with Crippen molar-refractivity contribution in [3.8, 4) is 18.0 Å². The Morgan fingerprint density at radius 1 is 1.22 bits per heavy atom. The molecule has 0 radical (unpaired) electrons. The molecule has 1 aromatic carbocycles. The van der Waals surface area contributed by atoms with Crippen LogP contribution >= 0.6 is 0 Å². The van der Waals surface area contributed by atoms with Crippen molar-refractivity contribution >= 4 is 17.5 Å². The van der Waals surface area contributed by atoms with Crippen LogP contribution in [-0.2, 0) is 6.42 Å². The fourth-order valence-electron chi connectivity index (χ4n) is 3.65. The van der Waals surface area contributed by atoms with Crippen molar-refractivity contribution in [2.75, 3.05) is 26.5 Å². The lowest BCUT2D eigenvalue weighted by molar-refractivity contribution is 0.0902. The molecule has 1 amide bonds. The van der Waals surface area contributed by atoms with E-state index in [-0.39, 0.29) is 5.78 Å². The molecule has 0 saturated heterocycles. The second kappa shape index (κ2) is 6.91. The molecule has 0 unspecified atom stereocenters. The first-order valence-corrected chi connectivity index (χ1v) is 8.64. The largest absolute Gasteiger partial charge is 0.374 e. The van der Waals surface area contributed by atoms with Crippen LogP contribution in [0.5, 0.6) is 0 Å². The van der Waals surface area contributed by atoms with Crippen LogP contribution in [0.1, 0.15) is 38.4 Å². The van der Waals surface area contributed by atoms with Crippen LogP contribution in [0.25, 0.3) is 5.69 Å². The summed E-state index contributed by atoms with van der Waals surface area (Å²) in [4.78, 5) is 24.4. The maximum Gasteiger partial charge on any atom is 0.249 e. The fraction of sp³-hybridized carbons (Fsp3) is 0.300. The molecule has 2 aromatic rings. The normalized spacial score (nSPS) is 15.1. The lowest BCUT2D eigenvalue weighted by Crippen LogP contribution is -2.58. The second-order valence-electron chi connectivity index (χ2n) is 6.57. The quantitative estimate of drug-likeness (QED) is 0.465. The van der Waals surface area contributed by atoms with Crippen molar-refractivity contribution in [1.82, 2.24) is 15.2 Å². The summed E-state index contributed by atoms with van der Waals surface area (Å²) in [5.41, 5.74) is 7.90. The second-order valence-corrected chi connectivity index (χ2v) is 6.57. The maximum atomic E-state index is 12.8. The number of rotatable bonds is 5. The Kier molecular flexibility index (Phi) is 4.79. The monoisotopic (exact) mass is 365 g/mol. The number of benzene rings is 1. The van der Waals surface area contributed by atoms with Gasteiger partial charge in [0.2, 0.25) is 5.91 Å². The number of nitrogens with two attached hydrogens (primary N) is 1. The van der Waals surface area contributed by atoms with E-state index < -0.39 is 11.6 Å². The highest BCUT2D eigenvalue weighted by atomic mass is 16.1. The number of ketones is 1. The van der Waals surface area contributed by atoms with Crippen molar-refractivity contribution in [1.29, 1.82) is 0 Å². The SMILES string of the molecule is C#Cc1cc(-n2c(NC)cc3c2CC(NC)(NC)CC3=O)ccc1C(N)=O. The number of primary amides is 1. The third kappa shape index (κ3) is 2.99. The first-order valence-electron chi connectivity index (χ1n) is 8.64. The van der Waals surface area contributed by atoms with E-state index >= 15 is 0 Å². The summed E-state index contributed by atoms with van der Waals surface area (Å²) in [5, 5.41) is 9.60. The molecule has 3 rings (SSSR count). The van der Waals surface area contributed by atoms with Crippen LogP contribution in [0, 0.1) is 12.3 Å². The average Bonchev–Trinajstić information content (AvgIpc) is 3.05. The maximum absolute atomic E-state index is 12.8. The summed E-state index contributed by atoms with van der Waals surface area (Å²) in [6.07, 6.45) is 6.53. The van der Waals surface area contributed by atoms with E-state index in [1.165, 1.54) is 0 Å². The number of hydrogen-bond donors (Lipinski definition) is 4. The van der Waals surface area contributed by atoms with Gasteiger partial charge < -0.3 is 21.7 Å². The number of carbonyl (C=O) groups excluding carboxylic acids is 2. The summed E-state index contributed by atoms with van der Waals surface area (Å²) < 4.78 is 1.96. The number of anilines is 1. The first kappa shape index (κ1) is 18.7. The number of terminal acetylenes is 1. The van der Waals surface area contributed by atoms with Crippen molar-refractivity contribution in [2.24, 2.45) is 5.73 Å². The number of hydrogen-bond acceptors (Lipinski definition) is 5. The molecule has 0 spiro atoms. The van der Waals surface area contributed by atoms with E-state index in [1.807, 2.05) is 24.7 Å². The Morgan fingerprint density at radius 3 is 2.48 bits per heavy atom. The lowest BCUT2D eigenvalue weighted by atomic mass is 9.86. The predicted octanol–water partition coefficient (Wildman–Crippen LogP) is 0.863. The summed E-state index contributed by atoms with van der Waals surface area (Å²) in [7, 11) is 5.46. The minimum absolute atomic E-state index is 0.0566. The predicted molar refractivity (Wildman–Crippen MR) is 105 cm³/mol. The molecular formula is C20H23N5O2. The summed E-state index contributed by atoms with van der Waals surface area (Å²) >= 11 is 0. The number of Topliss-reactive ketones (excluding diaryl/α,β-unsaturated/α-hetero) is 1. The Labute approximate surface area is 158 Å². The molecule has 140 valence electrons. The van der Waals surface area contributed by atoms with Crippen LogP contribution in [0.3, 0.4) is 0 Å². The van der Waals surface area contributed by atoms with Crippen molar-refractivity contribution in [2.45, 2.75) is 18.5 Å². The van der Waals surface area contributed by atoms with Gasteiger partial charge in [-0.15, -0.1) is 6.42 Å². The fourth-order valence-corrected chi connectivity index (χ4v) is 3.65. The van der Waals surface area contributed by atoms with Crippen LogP contribution in [0.15, 0.2) is 24.3 Å². The zero-order chi connectivity index (χ0) is 19.8. The Bertz CT molecular complexity index is 963. The zero-order valence-electron chi connectivity index (χ0n) is 15.6. The minimum atomic E-state index is -0.572. The highest BCUT2D eigenvalue weighted by Crippen LogP contribution is 2.34. The zero-order valence-corrected chi connectivity index (χ0v) is 15.6. The van der Waals surface area contributed by atoms with E-state index in [2.05, 4.69) is 21.9 Å². The van der Waals surface area contributed by atoms with Crippen LogP contribution in [-0.4, -0.2) is 43.1 Å². The molecule has 0 bridgehead atoms. The molecule has 5 N–H and O–H groups in total. The summed E-state index contributed by atoms with van der Waals surface area (Å²) in [6.45, 7) is 0. The van der Waals surface area contributed by atoms with Crippen molar-refractivity contribution < 1.29 is 9.59 Å². The van der Waals surface area contributed by atoms with E-state index in [0.29, 0.717) is 29.5 Å². The van der Waals surface area contributed by atoms with E-state index in [4.69, 9.17) is 12.2 Å². The smallest absolute Gasteiger partial charge is 0.249 e. The van der Waals surface area contributed by atoms with Gasteiger partial charge in [0, 0.05) is 42.4 Å². The number of nitrogens with one attached hydrogen (secondary N) is 3.